The van der Waals surface area contributed by atoms with Gasteiger partial charge in [0.2, 0.25) is 5.78 Å². The molecule has 1 amide bonds. The van der Waals surface area contributed by atoms with Gasteiger partial charge in [0.05, 0.1) is 25.7 Å². The highest BCUT2D eigenvalue weighted by atomic mass is 16.6. The number of hydrogen-bond donors (Lipinski definition) is 1. The molecule has 1 N–H and O–H groups in total. The lowest BCUT2D eigenvalue weighted by Gasteiger charge is -2.28. The molecule has 1 saturated heterocycles. The fraction of sp³-hybridized carbons (Fsp3) is 0.385. The number of likely N-dealkylation sites (tertiary alicyclic amines) is 1. The van der Waals surface area contributed by atoms with E-state index in [1.54, 1.807) is 23.1 Å². The Balaban J connectivity index is 1.71. The zero-order chi connectivity index (χ0) is 23.4. The van der Waals surface area contributed by atoms with Crippen molar-refractivity contribution in [3.8, 4) is 11.5 Å². The summed E-state index contributed by atoms with van der Waals surface area (Å²) in [6, 6.07) is 13.5. The van der Waals surface area contributed by atoms with Crippen molar-refractivity contribution in [3.05, 3.63) is 65.2 Å². The molecule has 0 spiro atoms. The third-order valence-electron chi connectivity index (χ3n) is 6.38. The van der Waals surface area contributed by atoms with Gasteiger partial charge in [-0.15, -0.1) is 0 Å². The van der Waals surface area contributed by atoms with Gasteiger partial charge in [0.1, 0.15) is 13.2 Å². The summed E-state index contributed by atoms with van der Waals surface area (Å²) in [6.45, 7) is 8.45. The van der Waals surface area contributed by atoms with Gasteiger partial charge in [0, 0.05) is 18.5 Å². The second kappa shape index (κ2) is 10.1. The minimum Gasteiger partial charge on any atom is -0.872 e. The van der Waals surface area contributed by atoms with E-state index in [0.29, 0.717) is 36.8 Å². The zero-order valence-corrected chi connectivity index (χ0v) is 19.1. The number of hydrogen-bond acceptors (Lipinski definition) is 5. The van der Waals surface area contributed by atoms with E-state index in [1.807, 2.05) is 30.3 Å². The quantitative estimate of drug-likeness (QED) is 0.369. The van der Waals surface area contributed by atoms with Crippen LogP contribution in [0.2, 0.25) is 0 Å². The van der Waals surface area contributed by atoms with E-state index in [2.05, 4.69) is 13.8 Å². The molecule has 7 nitrogen and oxygen atoms in total. The van der Waals surface area contributed by atoms with Crippen LogP contribution in [0.1, 0.15) is 37.4 Å². The van der Waals surface area contributed by atoms with Crippen molar-refractivity contribution in [2.45, 2.75) is 26.3 Å². The predicted octanol–water partition coefficient (Wildman–Crippen LogP) is 0.997. The Morgan fingerprint density at radius 2 is 1.73 bits per heavy atom. The number of carbonyl (C=O) groups excluding carboxylic acids is 2. The van der Waals surface area contributed by atoms with Crippen molar-refractivity contribution >= 4 is 17.4 Å². The number of rotatable bonds is 8. The standard InChI is InChI=1S/C26H30N2O5/c1-3-27(4-2)13-8-14-28-23(18-9-6-5-7-10-18)22(25(30)26(28)31)24(29)19-11-12-20-21(17-19)33-16-15-32-20/h5-7,9-12,17,23,29H,3-4,8,13-16H2,1-2H3/b24-22+. The molecule has 2 aliphatic rings. The van der Waals surface area contributed by atoms with E-state index >= 15 is 0 Å². The number of quaternary nitrogens is 1. The highest BCUT2D eigenvalue weighted by molar-refractivity contribution is 6.46. The second-order valence-electron chi connectivity index (χ2n) is 8.30. The molecule has 4 rings (SSSR count). The first-order valence-electron chi connectivity index (χ1n) is 11.6. The summed E-state index contributed by atoms with van der Waals surface area (Å²) in [5.41, 5.74) is 1.07. The maximum atomic E-state index is 13.6. The Morgan fingerprint density at radius 1 is 1.03 bits per heavy atom. The van der Waals surface area contributed by atoms with Crippen LogP contribution in [0, 0.1) is 0 Å². The third kappa shape index (κ3) is 4.59. The molecule has 174 valence electrons. The minimum atomic E-state index is -0.723. The summed E-state index contributed by atoms with van der Waals surface area (Å²) in [5.74, 6) is -0.745. The first-order chi connectivity index (χ1) is 16.0. The summed E-state index contributed by atoms with van der Waals surface area (Å²) >= 11 is 0. The highest BCUT2D eigenvalue weighted by Crippen LogP contribution is 2.40. The molecule has 2 aromatic rings. The Labute approximate surface area is 194 Å². The number of amides is 1. The van der Waals surface area contributed by atoms with Crippen LogP contribution in [-0.2, 0) is 9.59 Å². The Kier molecular flexibility index (Phi) is 6.99. The maximum absolute atomic E-state index is 13.6. The Bertz CT molecular complexity index is 1050. The van der Waals surface area contributed by atoms with Gasteiger partial charge < -0.3 is 24.4 Å². The van der Waals surface area contributed by atoms with Crippen molar-refractivity contribution in [1.82, 2.24) is 4.90 Å². The molecule has 7 heteroatoms. The van der Waals surface area contributed by atoms with Crippen LogP contribution in [0.3, 0.4) is 0 Å². The van der Waals surface area contributed by atoms with Crippen molar-refractivity contribution in [2.75, 3.05) is 39.4 Å². The molecule has 33 heavy (non-hydrogen) atoms. The first kappa shape index (κ1) is 22.9. The smallest absolute Gasteiger partial charge is 0.295 e. The monoisotopic (exact) mass is 450 g/mol. The zero-order valence-electron chi connectivity index (χ0n) is 19.1. The molecule has 0 saturated carbocycles. The van der Waals surface area contributed by atoms with Gasteiger partial charge in [-0.3, -0.25) is 9.59 Å². The lowest BCUT2D eigenvalue weighted by Crippen LogP contribution is -3.11. The number of Topliss-reactive ketones (excluding diaryl/α,β-unsaturated/α-hetero) is 1. The number of nitrogens with one attached hydrogen (secondary N) is 1. The number of fused-ring (bicyclic) bond motifs is 1. The number of nitrogens with zero attached hydrogens (tertiary/aromatic N) is 1. The van der Waals surface area contributed by atoms with E-state index in [-0.39, 0.29) is 5.57 Å². The molecule has 1 unspecified atom stereocenters. The van der Waals surface area contributed by atoms with E-state index in [4.69, 9.17) is 9.47 Å². The van der Waals surface area contributed by atoms with E-state index in [9.17, 15) is 14.7 Å². The average molecular weight is 451 g/mol. The topological polar surface area (TPSA) is 83.3 Å². The SMILES string of the molecule is CC[NH+](CC)CCCN1C(=O)C(=O)/C(=C(/[O-])c2ccc3c(c2)OCCO3)C1c1ccccc1. The fourth-order valence-electron chi connectivity index (χ4n) is 4.53. The van der Waals surface area contributed by atoms with Crippen LogP contribution in [0.5, 0.6) is 11.5 Å². The highest BCUT2D eigenvalue weighted by Gasteiger charge is 2.44. The molecule has 2 heterocycles. The van der Waals surface area contributed by atoms with Crippen LogP contribution in [-0.4, -0.2) is 56.0 Å². The van der Waals surface area contributed by atoms with Crippen LogP contribution in [0.4, 0.5) is 0 Å². The lowest BCUT2D eigenvalue weighted by atomic mass is 9.95. The van der Waals surface area contributed by atoms with Crippen molar-refractivity contribution in [1.29, 1.82) is 0 Å². The second-order valence-corrected chi connectivity index (χ2v) is 8.30. The van der Waals surface area contributed by atoms with E-state index in [0.717, 1.165) is 31.6 Å². The Morgan fingerprint density at radius 3 is 2.42 bits per heavy atom. The number of carbonyl (C=O) groups is 2. The fourth-order valence-corrected chi connectivity index (χ4v) is 4.53. The predicted molar refractivity (Wildman–Crippen MR) is 122 cm³/mol. The summed E-state index contributed by atoms with van der Waals surface area (Å²) < 4.78 is 11.1. The number of ketones is 1. The maximum Gasteiger partial charge on any atom is 0.295 e. The molecule has 2 aromatic carbocycles. The van der Waals surface area contributed by atoms with Gasteiger partial charge in [-0.25, -0.2) is 0 Å². The molecule has 0 aliphatic carbocycles. The Hall–Kier alpha value is -3.32. The van der Waals surface area contributed by atoms with Crippen molar-refractivity contribution in [2.24, 2.45) is 0 Å². The molecule has 1 fully saturated rings. The van der Waals surface area contributed by atoms with E-state index in [1.165, 1.54) is 4.90 Å². The van der Waals surface area contributed by atoms with Crippen molar-refractivity contribution < 1.29 is 29.1 Å². The van der Waals surface area contributed by atoms with Gasteiger partial charge >= 0.3 is 0 Å². The molecule has 0 aromatic heterocycles. The molecule has 1 atom stereocenters. The normalized spacial score (nSPS) is 19.4. The minimum absolute atomic E-state index is 0.00179. The summed E-state index contributed by atoms with van der Waals surface area (Å²) in [7, 11) is 0. The number of benzene rings is 2. The van der Waals surface area contributed by atoms with Crippen LogP contribution in [0.25, 0.3) is 5.76 Å². The van der Waals surface area contributed by atoms with Crippen LogP contribution < -0.4 is 19.5 Å². The largest absolute Gasteiger partial charge is 0.872 e. The lowest BCUT2D eigenvalue weighted by molar-refractivity contribution is -0.896. The molecular formula is C26H30N2O5. The average Bonchev–Trinajstić information content (AvgIpc) is 3.11. The van der Waals surface area contributed by atoms with Crippen LogP contribution in [0.15, 0.2) is 54.1 Å². The van der Waals surface area contributed by atoms with Gasteiger partial charge in [-0.1, -0.05) is 42.2 Å². The van der Waals surface area contributed by atoms with E-state index < -0.39 is 23.5 Å². The van der Waals surface area contributed by atoms with Crippen molar-refractivity contribution in [3.63, 3.8) is 0 Å². The third-order valence-corrected chi connectivity index (χ3v) is 6.38. The number of ether oxygens (including phenoxy) is 2. The molecular weight excluding hydrogens is 420 g/mol. The van der Waals surface area contributed by atoms with Gasteiger partial charge in [0.15, 0.2) is 11.5 Å². The molecule has 2 aliphatic heterocycles. The van der Waals surface area contributed by atoms with Gasteiger partial charge in [-0.2, -0.15) is 0 Å². The van der Waals surface area contributed by atoms with Crippen LogP contribution >= 0.6 is 0 Å². The summed E-state index contributed by atoms with van der Waals surface area (Å²) in [4.78, 5) is 29.1. The summed E-state index contributed by atoms with van der Waals surface area (Å²) in [5, 5.41) is 13.6. The van der Waals surface area contributed by atoms with Gasteiger partial charge in [0.25, 0.3) is 5.91 Å². The first-order valence-corrected chi connectivity index (χ1v) is 11.6. The summed E-state index contributed by atoms with van der Waals surface area (Å²) in [6.07, 6.45) is 0.755. The molecule has 0 radical (unpaired) electrons. The molecule has 0 bridgehead atoms. The van der Waals surface area contributed by atoms with Gasteiger partial charge in [-0.05, 0) is 37.1 Å².